The Kier molecular flexibility index (Phi) is 2.10. The third-order valence-corrected chi connectivity index (χ3v) is 3.14. The first-order valence-electron chi connectivity index (χ1n) is 5.32. The molecule has 2 heteroatoms. The molecule has 2 nitrogen and oxygen atoms in total. The predicted molar refractivity (Wildman–Crippen MR) is 62.0 cm³/mol. The van der Waals surface area contributed by atoms with E-state index in [0.29, 0.717) is 12.1 Å². The minimum absolute atomic E-state index is 0.0752. The molecule has 0 unspecified atom stereocenters. The number of nitrogen functional groups attached to an aromatic ring is 1. The molecule has 0 atom stereocenters. The van der Waals surface area contributed by atoms with Crippen LogP contribution in [0.4, 0.5) is 5.69 Å². The Bertz CT molecular complexity index is 432. The number of rotatable bonds is 0. The Hall–Kier alpha value is -1.31. The van der Waals surface area contributed by atoms with Crippen LogP contribution >= 0.6 is 0 Å². The van der Waals surface area contributed by atoms with Crippen LogP contribution in [-0.2, 0) is 6.42 Å². The molecule has 0 heterocycles. The minimum Gasteiger partial charge on any atom is -0.398 e. The van der Waals surface area contributed by atoms with E-state index in [9.17, 15) is 4.79 Å². The van der Waals surface area contributed by atoms with E-state index in [4.69, 9.17) is 5.73 Å². The highest BCUT2D eigenvalue weighted by Gasteiger charge is 2.32. The van der Waals surface area contributed by atoms with Gasteiger partial charge in [-0.3, -0.25) is 4.79 Å². The second-order valence-electron chi connectivity index (χ2n) is 5.27. The summed E-state index contributed by atoms with van der Waals surface area (Å²) in [5.41, 5.74) is 9.60. The van der Waals surface area contributed by atoms with Crippen molar-refractivity contribution in [1.82, 2.24) is 0 Å². The average Bonchev–Trinajstić information content (AvgIpc) is 2.09. The second kappa shape index (κ2) is 3.09. The van der Waals surface area contributed by atoms with Gasteiger partial charge >= 0.3 is 0 Å². The number of Topliss-reactive ketones (excluding diaryl/α,β-unsaturated/α-hetero) is 1. The first-order chi connectivity index (χ1) is 6.91. The number of benzene rings is 1. The lowest BCUT2D eigenvalue weighted by atomic mass is 9.73. The Morgan fingerprint density at radius 3 is 2.60 bits per heavy atom. The average molecular weight is 203 g/mol. The molecule has 0 amide bonds. The van der Waals surface area contributed by atoms with E-state index in [1.54, 1.807) is 0 Å². The van der Waals surface area contributed by atoms with Crippen LogP contribution in [-0.4, -0.2) is 5.78 Å². The van der Waals surface area contributed by atoms with Gasteiger partial charge in [0.15, 0.2) is 5.78 Å². The summed E-state index contributed by atoms with van der Waals surface area (Å²) in [7, 11) is 0. The minimum atomic E-state index is 0.0752. The summed E-state index contributed by atoms with van der Waals surface area (Å²) in [6.45, 7) is 6.20. The van der Waals surface area contributed by atoms with Gasteiger partial charge in [-0.1, -0.05) is 26.0 Å². The number of fused-ring (bicyclic) bond motifs is 1. The molecule has 2 rings (SSSR count). The van der Waals surface area contributed by atoms with Gasteiger partial charge in [-0.05, 0) is 29.9 Å². The van der Waals surface area contributed by atoms with E-state index in [0.717, 1.165) is 23.1 Å². The zero-order valence-electron chi connectivity index (χ0n) is 9.55. The summed E-state index contributed by atoms with van der Waals surface area (Å²) in [6.07, 6.45) is 1.55. The lowest BCUT2D eigenvalue weighted by molar-refractivity contribution is 0.0913. The maximum atomic E-state index is 12.0. The Balaban J connectivity index is 2.60. The van der Waals surface area contributed by atoms with Crippen LogP contribution in [0, 0.1) is 12.3 Å². The maximum absolute atomic E-state index is 12.0. The van der Waals surface area contributed by atoms with Crippen LogP contribution in [0.1, 0.15) is 41.8 Å². The van der Waals surface area contributed by atoms with Crippen molar-refractivity contribution < 1.29 is 4.79 Å². The molecule has 2 N–H and O–H groups in total. The molecule has 1 aromatic rings. The number of ketones is 1. The van der Waals surface area contributed by atoms with Crippen molar-refractivity contribution in [2.45, 2.75) is 33.6 Å². The normalized spacial score (nSPS) is 18.7. The number of carbonyl (C=O) groups is 1. The molecule has 0 aromatic heterocycles. The van der Waals surface area contributed by atoms with E-state index < -0.39 is 0 Å². The second-order valence-corrected chi connectivity index (χ2v) is 5.27. The third kappa shape index (κ3) is 1.65. The zero-order valence-corrected chi connectivity index (χ0v) is 9.55. The largest absolute Gasteiger partial charge is 0.398 e. The molecule has 0 aliphatic heterocycles. The van der Waals surface area contributed by atoms with Crippen LogP contribution < -0.4 is 5.73 Å². The van der Waals surface area contributed by atoms with Crippen molar-refractivity contribution in [1.29, 1.82) is 0 Å². The topological polar surface area (TPSA) is 43.1 Å². The van der Waals surface area contributed by atoms with Gasteiger partial charge in [0.2, 0.25) is 0 Å². The first-order valence-corrected chi connectivity index (χ1v) is 5.32. The molecule has 0 saturated heterocycles. The van der Waals surface area contributed by atoms with Gasteiger partial charge in [-0.2, -0.15) is 0 Å². The Morgan fingerprint density at radius 2 is 1.93 bits per heavy atom. The van der Waals surface area contributed by atoms with Crippen LogP contribution in [0.25, 0.3) is 0 Å². The fourth-order valence-electron chi connectivity index (χ4n) is 2.35. The van der Waals surface area contributed by atoms with Gasteiger partial charge in [-0.25, -0.2) is 0 Å². The summed E-state index contributed by atoms with van der Waals surface area (Å²) in [5.74, 6) is 0.197. The molecule has 0 spiro atoms. The molecule has 0 fully saturated rings. The monoisotopic (exact) mass is 203 g/mol. The number of hydrogen-bond acceptors (Lipinski definition) is 2. The van der Waals surface area contributed by atoms with Crippen molar-refractivity contribution in [3.8, 4) is 0 Å². The number of aryl methyl sites for hydroxylation is 1. The molecule has 0 bridgehead atoms. The smallest absolute Gasteiger partial charge is 0.165 e. The summed E-state index contributed by atoms with van der Waals surface area (Å²) in [4.78, 5) is 12.0. The van der Waals surface area contributed by atoms with Crippen molar-refractivity contribution in [2.24, 2.45) is 5.41 Å². The Labute approximate surface area is 90.5 Å². The number of nitrogens with two attached hydrogens (primary N) is 1. The van der Waals surface area contributed by atoms with E-state index in [1.807, 2.05) is 19.1 Å². The SMILES string of the molecule is Cc1ccc2c(c1N)C(=O)CC(C)(C)C2. The molecule has 0 radical (unpaired) electrons. The summed E-state index contributed by atoms with van der Waals surface area (Å²) < 4.78 is 0. The number of anilines is 1. The fourth-order valence-corrected chi connectivity index (χ4v) is 2.35. The molecule has 1 aliphatic carbocycles. The zero-order chi connectivity index (χ0) is 11.2. The predicted octanol–water partition coefficient (Wildman–Crippen LogP) is 2.73. The van der Waals surface area contributed by atoms with E-state index in [1.165, 1.54) is 0 Å². The summed E-state index contributed by atoms with van der Waals surface area (Å²) >= 11 is 0. The highest BCUT2D eigenvalue weighted by atomic mass is 16.1. The molecular formula is C13H17NO. The third-order valence-electron chi connectivity index (χ3n) is 3.14. The molecular weight excluding hydrogens is 186 g/mol. The van der Waals surface area contributed by atoms with Crippen molar-refractivity contribution in [3.63, 3.8) is 0 Å². The lowest BCUT2D eigenvalue weighted by Crippen LogP contribution is -2.28. The van der Waals surface area contributed by atoms with Gasteiger partial charge in [-0.15, -0.1) is 0 Å². The summed E-state index contributed by atoms with van der Waals surface area (Å²) in [6, 6.07) is 4.04. The lowest BCUT2D eigenvalue weighted by Gasteiger charge is -2.31. The molecule has 1 aromatic carbocycles. The molecule has 1 aliphatic rings. The quantitative estimate of drug-likeness (QED) is 0.659. The van der Waals surface area contributed by atoms with Gasteiger partial charge in [0.1, 0.15) is 0 Å². The van der Waals surface area contributed by atoms with Crippen LogP contribution in [0.15, 0.2) is 12.1 Å². The highest BCUT2D eigenvalue weighted by molar-refractivity contribution is 6.04. The summed E-state index contributed by atoms with van der Waals surface area (Å²) in [5, 5.41) is 0. The van der Waals surface area contributed by atoms with Gasteiger partial charge in [0.05, 0.1) is 0 Å². The van der Waals surface area contributed by atoms with Gasteiger partial charge in [0.25, 0.3) is 0 Å². The van der Waals surface area contributed by atoms with E-state index >= 15 is 0 Å². The molecule has 80 valence electrons. The van der Waals surface area contributed by atoms with Crippen molar-refractivity contribution in [3.05, 3.63) is 28.8 Å². The fraction of sp³-hybridized carbons (Fsp3) is 0.462. The maximum Gasteiger partial charge on any atom is 0.165 e. The number of hydrogen-bond donors (Lipinski definition) is 1. The standard InChI is InChI=1S/C13H17NO/c1-8-4-5-9-6-13(2,3)7-10(15)11(9)12(8)14/h4-5H,6-7,14H2,1-3H3. The van der Waals surface area contributed by atoms with Crippen LogP contribution in [0.5, 0.6) is 0 Å². The molecule has 15 heavy (non-hydrogen) atoms. The van der Waals surface area contributed by atoms with Gasteiger partial charge in [0, 0.05) is 17.7 Å². The highest BCUT2D eigenvalue weighted by Crippen LogP contribution is 2.37. The van der Waals surface area contributed by atoms with E-state index in [2.05, 4.69) is 13.8 Å². The van der Waals surface area contributed by atoms with Crippen molar-refractivity contribution in [2.75, 3.05) is 5.73 Å². The van der Waals surface area contributed by atoms with Crippen LogP contribution in [0.3, 0.4) is 0 Å². The number of carbonyl (C=O) groups excluding carboxylic acids is 1. The first kappa shape index (κ1) is 10.2. The van der Waals surface area contributed by atoms with Crippen LogP contribution in [0.2, 0.25) is 0 Å². The van der Waals surface area contributed by atoms with Gasteiger partial charge < -0.3 is 5.73 Å². The molecule has 0 saturated carbocycles. The Morgan fingerprint density at radius 1 is 1.27 bits per heavy atom. The van der Waals surface area contributed by atoms with E-state index in [-0.39, 0.29) is 11.2 Å². The van der Waals surface area contributed by atoms with Crippen molar-refractivity contribution >= 4 is 11.5 Å².